The van der Waals surface area contributed by atoms with E-state index >= 15 is 0 Å². The molecular weight excluding hydrogens is 392 g/mol. The van der Waals surface area contributed by atoms with Crippen LogP contribution in [0.5, 0.6) is 34.5 Å². The van der Waals surface area contributed by atoms with E-state index in [-0.39, 0.29) is 35.5 Å². The molecule has 0 spiro atoms. The van der Waals surface area contributed by atoms with Crippen LogP contribution in [0.4, 0.5) is 0 Å². The Balaban J connectivity index is 1.63. The zero-order valence-electron chi connectivity index (χ0n) is 17.4. The van der Waals surface area contributed by atoms with Gasteiger partial charge in [0.05, 0.1) is 53.9 Å². The number of fused-ring (bicyclic) bond motifs is 1. The molecule has 4 atom stereocenters. The molecule has 30 heavy (non-hydrogen) atoms. The van der Waals surface area contributed by atoms with Crippen LogP contribution in [0.3, 0.4) is 0 Å². The fourth-order valence-corrected chi connectivity index (χ4v) is 4.39. The van der Waals surface area contributed by atoms with Crippen LogP contribution < -0.4 is 18.9 Å². The number of rotatable bonds is 6. The van der Waals surface area contributed by atoms with Crippen molar-refractivity contribution in [3.8, 4) is 34.5 Å². The van der Waals surface area contributed by atoms with Gasteiger partial charge in [-0.3, -0.25) is 0 Å². The lowest BCUT2D eigenvalue weighted by Crippen LogP contribution is -2.15. The lowest BCUT2D eigenvalue weighted by Gasteiger charge is -2.19. The van der Waals surface area contributed by atoms with Crippen LogP contribution in [0, 0.1) is 11.8 Å². The first-order valence-electron chi connectivity index (χ1n) is 9.65. The zero-order chi connectivity index (χ0) is 21.4. The van der Waals surface area contributed by atoms with Crippen molar-refractivity contribution < 1.29 is 38.6 Å². The third kappa shape index (κ3) is 3.26. The Kier molecular flexibility index (Phi) is 5.53. The predicted octanol–water partition coefficient (Wildman–Crippen LogP) is 3.21. The van der Waals surface area contributed by atoms with Gasteiger partial charge < -0.3 is 38.6 Å². The summed E-state index contributed by atoms with van der Waals surface area (Å²) in [5.41, 5.74) is 1.72. The Bertz CT molecular complexity index is 802. The fraction of sp³-hybridized carbons (Fsp3) is 0.455. The standard InChI is InChI=1S/C22H26O8/c1-25-15-5-11(6-16(26-2)19(15)23)21-13-9-30-22(14(13)10-29-21)12-7-17(27-3)20(24)18(8-12)28-4/h5-8,13-14,21-24H,9-10H2,1-4H3/t13?,14?,21-,22-/m0/s1. The molecule has 0 radical (unpaired) electrons. The predicted molar refractivity (Wildman–Crippen MR) is 107 cm³/mol. The summed E-state index contributed by atoms with van der Waals surface area (Å²) in [6, 6.07) is 7.07. The maximum Gasteiger partial charge on any atom is 0.200 e. The minimum atomic E-state index is -0.218. The maximum absolute atomic E-state index is 10.2. The van der Waals surface area contributed by atoms with E-state index in [4.69, 9.17) is 28.4 Å². The first-order chi connectivity index (χ1) is 14.5. The van der Waals surface area contributed by atoms with Crippen LogP contribution in [0.15, 0.2) is 24.3 Å². The second-order valence-electron chi connectivity index (χ2n) is 7.38. The Morgan fingerprint density at radius 1 is 0.633 bits per heavy atom. The van der Waals surface area contributed by atoms with Crippen molar-refractivity contribution in [3.63, 3.8) is 0 Å². The molecule has 8 nitrogen and oxygen atoms in total. The number of ether oxygens (including phenoxy) is 6. The Morgan fingerprint density at radius 3 is 1.20 bits per heavy atom. The molecule has 4 rings (SSSR count). The van der Waals surface area contributed by atoms with Crippen molar-refractivity contribution in [1.82, 2.24) is 0 Å². The van der Waals surface area contributed by atoms with E-state index in [1.165, 1.54) is 28.4 Å². The molecule has 2 heterocycles. The molecule has 0 aliphatic carbocycles. The molecule has 162 valence electrons. The minimum absolute atomic E-state index is 0.0397. The molecule has 2 saturated heterocycles. The van der Waals surface area contributed by atoms with E-state index in [9.17, 15) is 10.2 Å². The van der Waals surface area contributed by atoms with Gasteiger partial charge in [-0.2, -0.15) is 0 Å². The van der Waals surface area contributed by atoms with E-state index in [2.05, 4.69) is 0 Å². The van der Waals surface area contributed by atoms with Crippen LogP contribution in [-0.4, -0.2) is 51.9 Å². The monoisotopic (exact) mass is 418 g/mol. The summed E-state index contributed by atoms with van der Waals surface area (Å²) in [6.07, 6.45) is -0.436. The van der Waals surface area contributed by atoms with E-state index in [0.717, 1.165) is 11.1 Å². The van der Waals surface area contributed by atoms with Gasteiger partial charge in [0, 0.05) is 11.8 Å². The number of benzene rings is 2. The van der Waals surface area contributed by atoms with Crippen molar-refractivity contribution in [2.45, 2.75) is 12.2 Å². The Labute approximate surface area is 174 Å². The van der Waals surface area contributed by atoms with Crippen LogP contribution in [0.25, 0.3) is 0 Å². The summed E-state index contributed by atoms with van der Waals surface area (Å²) in [7, 11) is 5.99. The third-order valence-electron chi connectivity index (χ3n) is 5.93. The molecular formula is C22H26O8. The molecule has 0 saturated carbocycles. The summed E-state index contributed by atoms with van der Waals surface area (Å²) in [5.74, 6) is 1.48. The van der Waals surface area contributed by atoms with Crippen LogP contribution in [-0.2, 0) is 9.47 Å². The Morgan fingerprint density at radius 2 is 0.933 bits per heavy atom. The second-order valence-corrected chi connectivity index (χ2v) is 7.38. The van der Waals surface area contributed by atoms with Crippen LogP contribution >= 0.6 is 0 Å². The summed E-state index contributed by atoms with van der Waals surface area (Å²) >= 11 is 0. The number of methoxy groups -OCH3 is 4. The van der Waals surface area contributed by atoms with E-state index in [1.807, 2.05) is 0 Å². The topological polar surface area (TPSA) is 95.8 Å². The molecule has 2 aliphatic heterocycles. The number of phenols is 2. The first kappa shape index (κ1) is 20.4. The highest BCUT2D eigenvalue weighted by Gasteiger charge is 2.48. The molecule has 2 unspecified atom stereocenters. The van der Waals surface area contributed by atoms with Crippen molar-refractivity contribution in [3.05, 3.63) is 35.4 Å². The molecule has 0 aromatic heterocycles. The SMILES string of the molecule is COc1cc([C@@H]2OCC3C2CO[C@H]3c2cc(OC)c(O)c(OC)c2)cc(OC)c1O. The summed E-state index contributed by atoms with van der Waals surface area (Å²) in [5, 5.41) is 20.4. The maximum atomic E-state index is 10.2. The van der Waals surface area contributed by atoms with Crippen molar-refractivity contribution in [2.75, 3.05) is 41.7 Å². The molecule has 2 aromatic rings. The second kappa shape index (κ2) is 8.12. The van der Waals surface area contributed by atoms with Gasteiger partial charge in [-0.05, 0) is 35.4 Å². The van der Waals surface area contributed by atoms with Gasteiger partial charge in [-0.15, -0.1) is 0 Å². The van der Waals surface area contributed by atoms with Gasteiger partial charge in [-0.1, -0.05) is 0 Å². The molecule has 2 fully saturated rings. The van der Waals surface area contributed by atoms with Crippen molar-refractivity contribution in [2.24, 2.45) is 11.8 Å². The largest absolute Gasteiger partial charge is 0.502 e. The summed E-state index contributed by atoms with van der Waals surface area (Å²) in [4.78, 5) is 0. The highest BCUT2D eigenvalue weighted by Crippen LogP contribution is 2.53. The quantitative estimate of drug-likeness (QED) is 0.738. The Hall–Kier alpha value is -2.84. The molecule has 0 bridgehead atoms. The summed E-state index contributed by atoms with van der Waals surface area (Å²) in [6.45, 7) is 1.02. The molecule has 2 aromatic carbocycles. The van der Waals surface area contributed by atoms with Crippen LogP contribution in [0.2, 0.25) is 0 Å². The number of hydrogen-bond acceptors (Lipinski definition) is 8. The normalized spacial score (nSPS) is 25.1. The highest BCUT2D eigenvalue weighted by atomic mass is 16.5. The van der Waals surface area contributed by atoms with Gasteiger partial charge in [0.2, 0.25) is 11.5 Å². The molecule has 2 N–H and O–H groups in total. The highest BCUT2D eigenvalue weighted by molar-refractivity contribution is 5.54. The van der Waals surface area contributed by atoms with E-state index in [1.54, 1.807) is 24.3 Å². The van der Waals surface area contributed by atoms with Gasteiger partial charge in [-0.25, -0.2) is 0 Å². The lowest BCUT2D eigenvalue weighted by atomic mass is 9.84. The smallest absolute Gasteiger partial charge is 0.200 e. The van der Waals surface area contributed by atoms with Crippen molar-refractivity contribution in [1.29, 1.82) is 0 Å². The van der Waals surface area contributed by atoms with Gasteiger partial charge in [0.1, 0.15) is 0 Å². The lowest BCUT2D eigenvalue weighted by molar-refractivity contribution is 0.0190. The fourth-order valence-electron chi connectivity index (χ4n) is 4.39. The average Bonchev–Trinajstić information content (AvgIpc) is 3.36. The molecule has 2 aliphatic rings. The van der Waals surface area contributed by atoms with Gasteiger partial charge in [0.25, 0.3) is 0 Å². The van der Waals surface area contributed by atoms with E-state index < -0.39 is 0 Å². The average molecular weight is 418 g/mol. The van der Waals surface area contributed by atoms with Gasteiger partial charge in [0.15, 0.2) is 23.0 Å². The van der Waals surface area contributed by atoms with Crippen LogP contribution in [0.1, 0.15) is 23.3 Å². The molecule has 8 heteroatoms. The van der Waals surface area contributed by atoms with E-state index in [0.29, 0.717) is 36.2 Å². The molecule has 0 amide bonds. The number of hydrogen-bond donors (Lipinski definition) is 2. The zero-order valence-corrected chi connectivity index (χ0v) is 17.4. The first-order valence-corrected chi connectivity index (χ1v) is 9.65. The summed E-state index contributed by atoms with van der Waals surface area (Å²) < 4.78 is 33.4. The minimum Gasteiger partial charge on any atom is -0.502 e. The third-order valence-corrected chi connectivity index (χ3v) is 5.93. The van der Waals surface area contributed by atoms with Gasteiger partial charge >= 0.3 is 0 Å². The van der Waals surface area contributed by atoms with Crippen molar-refractivity contribution >= 4 is 0 Å². The number of phenolic OH excluding ortho intramolecular Hbond substituents is 2. The number of aromatic hydroxyl groups is 2.